The maximum absolute atomic E-state index is 11.1. The lowest BCUT2D eigenvalue weighted by atomic mass is 9.79. The lowest BCUT2D eigenvalue weighted by molar-refractivity contribution is -0.117. The van der Waals surface area contributed by atoms with Gasteiger partial charge in [-0.05, 0) is 13.8 Å². The minimum Gasteiger partial charge on any atom is -0.499 e. The first kappa shape index (κ1) is 8.17. The molecule has 1 rings (SSSR count). The van der Waals surface area contributed by atoms with Crippen LogP contribution in [0.1, 0.15) is 13.8 Å². The molecule has 0 fully saturated rings. The van der Waals surface area contributed by atoms with Gasteiger partial charge in [0.25, 0.3) is 5.91 Å². The molecule has 3 nitrogen and oxygen atoms in total. The molecule has 1 aliphatic rings. The first-order valence-corrected chi connectivity index (χ1v) is 3.57. The van der Waals surface area contributed by atoms with Crippen molar-refractivity contribution in [2.24, 2.45) is 0 Å². The number of amides is 1. The van der Waals surface area contributed by atoms with Crippen LogP contribution in [0.5, 0.6) is 0 Å². The van der Waals surface area contributed by atoms with Gasteiger partial charge in [0.2, 0.25) is 0 Å². The number of hydrogen-bond donors (Lipinski definition) is 1. The van der Waals surface area contributed by atoms with E-state index in [4.69, 9.17) is 4.74 Å². The largest absolute Gasteiger partial charge is 0.499 e. The first-order chi connectivity index (χ1) is 4.99. The Balaban J connectivity index is 3.06. The van der Waals surface area contributed by atoms with E-state index in [2.05, 4.69) is 5.32 Å². The van der Waals surface area contributed by atoms with Crippen LogP contribution < -0.4 is 5.32 Å². The van der Waals surface area contributed by atoms with Gasteiger partial charge in [-0.15, -0.1) is 0 Å². The summed E-state index contributed by atoms with van der Waals surface area (Å²) in [7, 11) is 3.50. The van der Waals surface area contributed by atoms with Gasteiger partial charge in [0.1, 0.15) is 13.6 Å². The average molecular weight is 153 g/mol. The number of rotatable bonds is 1. The molecule has 1 amide bonds. The number of methoxy groups -OCH3 is 1. The number of carbonyl (C=O) groups is 1. The van der Waals surface area contributed by atoms with Crippen molar-refractivity contribution in [2.45, 2.75) is 19.3 Å². The smallest absolute Gasteiger partial charge is 0.250 e. The minimum atomic E-state index is -0.337. The molecule has 0 saturated carbocycles. The molecule has 0 aliphatic carbocycles. The molecule has 0 saturated heterocycles. The lowest BCUT2D eigenvalue weighted by Crippen LogP contribution is -2.42. The SMILES string of the molecule is BC1(C)NC(=O)C(C)=C1OC. The summed E-state index contributed by atoms with van der Waals surface area (Å²) in [6, 6.07) is 0. The van der Waals surface area contributed by atoms with Gasteiger partial charge < -0.3 is 10.1 Å². The van der Waals surface area contributed by atoms with Crippen molar-refractivity contribution < 1.29 is 9.53 Å². The predicted octanol–water partition coefficient (Wildman–Crippen LogP) is -0.614. The number of carbonyl (C=O) groups excluding carboxylic acids is 1. The molecule has 1 unspecified atom stereocenters. The number of hydrogen-bond acceptors (Lipinski definition) is 2. The molecule has 0 radical (unpaired) electrons. The third kappa shape index (κ3) is 1.13. The summed E-state index contributed by atoms with van der Waals surface area (Å²) in [5.41, 5.74) is 0.341. The lowest BCUT2D eigenvalue weighted by Gasteiger charge is -2.21. The van der Waals surface area contributed by atoms with E-state index in [1.165, 1.54) is 0 Å². The first-order valence-electron chi connectivity index (χ1n) is 3.57. The third-order valence-corrected chi connectivity index (χ3v) is 1.88. The number of nitrogens with one attached hydrogen (secondary N) is 1. The fourth-order valence-electron chi connectivity index (χ4n) is 1.41. The van der Waals surface area contributed by atoms with Crippen molar-refractivity contribution in [1.29, 1.82) is 0 Å². The van der Waals surface area contributed by atoms with Crippen LogP contribution in [-0.4, -0.2) is 26.3 Å². The fraction of sp³-hybridized carbons (Fsp3) is 0.571. The summed E-state index contributed by atoms with van der Waals surface area (Å²) in [5, 5.41) is 2.81. The van der Waals surface area contributed by atoms with Crippen molar-refractivity contribution in [1.82, 2.24) is 5.32 Å². The zero-order valence-corrected chi connectivity index (χ0v) is 7.32. The quantitative estimate of drug-likeness (QED) is 0.510. The normalized spacial score (nSPS) is 30.6. The van der Waals surface area contributed by atoms with E-state index in [-0.39, 0.29) is 11.3 Å². The maximum atomic E-state index is 11.1. The van der Waals surface area contributed by atoms with Crippen molar-refractivity contribution >= 4 is 13.8 Å². The number of ether oxygens (including phenoxy) is 1. The Kier molecular flexibility index (Phi) is 1.70. The molecular weight excluding hydrogens is 141 g/mol. The standard InChI is InChI=1S/C7H12BNO2/c1-4-5(11-3)7(2,8)9-6(4)10/h8H2,1-3H3,(H,9,10). The molecule has 0 bridgehead atoms. The molecule has 4 heteroatoms. The van der Waals surface area contributed by atoms with Crippen LogP contribution in [0, 0.1) is 0 Å². The van der Waals surface area contributed by atoms with Gasteiger partial charge in [0, 0.05) is 0 Å². The van der Waals surface area contributed by atoms with Crippen LogP contribution in [0.4, 0.5) is 0 Å². The highest BCUT2D eigenvalue weighted by Gasteiger charge is 2.36. The van der Waals surface area contributed by atoms with Crippen molar-refractivity contribution in [2.75, 3.05) is 7.11 Å². The van der Waals surface area contributed by atoms with Gasteiger partial charge in [-0.2, -0.15) is 0 Å². The molecule has 1 heterocycles. The third-order valence-electron chi connectivity index (χ3n) is 1.88. The van der Waals surface area contributed by atoms with E-state index >= 15 is 0 Å². The maximum Gasteiger partial charge on any atom is 0.250 e. The molecule has 0 spiro atoms. The van der Waals surface area contributed by atoms with Crippen LogP contribution in [0.3, 0.4) is 0 Å². The summed E-state index contributed by atoms with van der Waals surface area (Å²) in [4.78, 5) is 11.1. The Bertz CT molecular complexity index is 233. The van der Waals surface area contributed by atoms with Crippen LogP contribution in [0.15, 0.2) is 11.3 Å². The average Bonchev–Trinajstić information content (AvgIpc) is 2.03. The Morgan fingerprint density at radius 1 is 1.64 bits per heavy atom. The molecule has 11 heavy (non-hydrogen) atoms. The summed E-state index contributed by atoms with van der Waals surface area (Å²) >= 11 is 0. The zero-order chi connectivity index (χ0) is 8.65. The summed E-state index contributed by atoms with van der Waals surface area (Å²) < 4.78 is 5.11. The molecule has 0 aromatic heterocycles. The molecule has 1 aliphatic heterocycles. The fourth-order valence-corrected chi connectivity index (χ4v) is 1.41. The van der Waals surface area contributed by atoms with Gasteiger partial charge in [-0.3, -0.25) is 4.79 Å². The van der Waals surface area contributed by atoms with Crippen LogP contribution in [-0.2, 0) is 9.53 Å². The molecule has 0 aromatic carbocycles. The van der Waals surface area contributed by atoms with Crippen molar-refractivity contribution in [3.63, 3.8) is 0 Å². The van der Waals surface area contributed by atoms with Gasteiger partial charge in [-0.1, -0.05) is 0 Å². The zero-order valence-electron chi connectivity index (χ0n) is 7.32. The molecule has 0 aromatic rings. The topological polar surface area (TPSA) is 38.3 Å². The van der Waals surface area contributed by atoms with E-state index in [1.807, 2.05) is 14.8 Å². The van der Waals surface area contributed by atoms with E-state index in [0.717, 1.165) is 5.76 Å². The van der Waals surface area contributed by atoms with E-state index in [0.29, 0.717) is 5.57 Å². The summed E-state index contributed by atoms with van der Waals surface area (Å²) in [5.74, 6) is 0.703. The predicted molar refractivity (Wildman–Crippen MR) is 44.8 cm³/mol. The summed E-state index contributed by atoms with van der Waals surface area (Å²) in [6.07, 6.45) is 0. The van der Waals surface area contributed by atoms with E-state index in [9.17, 15) is 4.79 Å². The Morgan fingerprint density at radius 3 is 2.36 bits per heavy atom. The monoisotopic (exact) mass is 153 g/mol. The van der Waals surface area contributed by atoms with Crippen LogP contribution >= 0.6 is 0 Å². The molecular formula is C7H12BNO2. The van der Waals surface area contributed by atoms with Gasteiger partial charge in [0.05, 0.1) is 18.1 Å². The molecule has 1 N–H and O–H groups in total. The van der Waals surface area contributed by atoms with Crippen molar-refractivity contribution in [3.8, 4) is 0 Å². The highest BCUT2D eigenvalue weighted by atomic mass is 16.5. The minimum absolute atomic E-state index is 0.0353. The van der Waals surface area contributed by atoms with E-state index in [1.54, 1.807) is 14.0 Å². The Hall–Kier alpha value is -0.925. The van der Waals surface area contributed by atoms with E-state index < -0.39 is 0 Å². The second-order valence-electron chi connectivity index (χ2n) is 3.24. The van der Waals surface area contributed by atoms with Gasteiger partial charge in [-0.25, -0.2) is 0 Å². The highest BCUT2D eigenvalue weighted by Crippen LogP contribution is 2.23. The summed E-state index contributed by atoms with van der Waals surface area (Å²) in [6.45, 7) is 3.68. The van der Waals surface area contributed by atoms with Crippen LogP contribution in [0.25, 0.3) is 0 Å². The molecule has 1 atom stereocenters. The highest BCUT2D eigenvalue weighted by molar-refractivity contribution is 6.21. The van der Waals surface area contributed by atoms with Crippen molar-refractivity contribution in [3.05, 3.63) is 11.3 Å². The van der Waals surface area contributed by atoms with Crippen LogP contribution in [0.2, 0.25) is 0 Å². The van der Waals surface area contributed by atoms with Gasteiger partial charge in [0.15, 0.2) is 0 Å². The Morgan fingerprint density at radius 2 is 2.18 bits per heavy atom. The second-order valence-corrected chi connectivity index (χ2v) is 3.24. The molecule has 60 valence electrons. The second kappa shape index (κ2) is 2.29. The Labute approximate surface area is 67.2 Å². The van der Waals surface area contributed by atoms with Gasteiger partial charge >= 0.3 is 0 Å².